The van der Waals surface area contributed by atoms with E-state index >= 15 is 0 Å². The van der Waals surface area contributed by atoms with E-state index in [1.54, 1.807) is 6.20 Å². The predicted molar refractivity (Wildman–Crippen MR) is 125 cm³/mol. The quantitative estimate of drug-likeness (QED) is 0.384. The van der Waals surface area contributed by atoms with E-state index in [-0.39, 0.29) is 11.8 Å². The van der Waals surface area contributed by atoms with Crippen LogP contribution in [-0.2, 0) is 22.4 Å². The molecule has 2 amide bonds. The van der Waals surface area contributed by atoms with Crippen molar-refractivity contribution in [3.63, 3.8) is 0 Å². The minimum Gasteiger partial charge on any atom is -0.361 e. The van der Waals surface area contributed by atoms with Crippen LogP contribution in [0.25, 0.3) is 10.9 Å². The molecule has 0 aliphatic heterocycles. The molecule has 0 aliphatic carbocycles. The van der Waals surface area contributed by atoms with Crippen LogP contribution in [0.3, 0.4) is 0 Å². The summed E-state index contributed by atoms with van der Waals surface area (Å²) < 4.78 is 0. The minimum atomic E-state index is -0.711. The van der Waals surface area contributed by atoms with Gasteiger partial charge in [0.2, 0.25) is 11.8 Å². The summed E-state index contributed by atoms with van der Waals surface area (Å²) in [4.78, 5) is 33.2. The Bertz CT molecular complexity index is 1230. The molecule has 6 nitrogen and oxygen atoms in total. The van der Waals surface area contributed by atoms with Crippen LogP contribution in [-0.4, -0.2) is 27.8 Å². The molecule has 2 aromatic heterocycles. The summed E-state index contributed by atoms with van der Waals surface area (Å²) in [6.07, 6.45) is 4.67. The van der Waals surface area contributed by atoms with Crippen LogP contribution in [0.1, 0.15) is 22.9 Å². The van der Waals surface area contributed by atoms with Crippen molar-refractivity contribution in [2.75, 3.05) is 5.32 Å². The van der Waals surface area contributed by atoms with Gasteiger partial charge in [-0.1, -0.05) is 41.9 Å². The van der Waals surface area contributed by atoms with Crippen molar-refractivity contribution in [3.05, 3.63) is 82.0 Å². The number of anilines is 1. The molecule has 8 heteroatoms. The summed E-state index contributed by atoms with van der Waals surface area (Å²) in [5, 5.41) is 7.81. The molecular formula is C23H21ClN4O2S. The number of aromatic nitrogens is 2. The average molecular weight is 453 g/mol. The summed E-state index contributed by atoms with van der Waals surface area (Å²) in [6.45, 7) is 1.40. The Kier molecular flexibility index (Phi) is 6.34. The molecule has 0 bridgehead atoms. The largest absolute Gasteiger partial charge is 0.361 e. The summed E-state index contributed by atoms with van der Waals surface area (Å²) >= 11 is 7.45. The standard InChI is InChI=1S/C23H21ClN4O2S/c1-14(29)27-21(11-16-12-25-20-8-3-2-7-19(16)20)22(30)28-23-26-13-18(31-23)10-15-5-4-6-17(24)9-15/h2-9,12-13,21,25H,10-11H2,1H3,(H,27,29)(H,26,28,30). The van der Waals surface area contributed by atoms with E-state index in [0.29, 0.717) is 23.0 Å². The molecule has 4 rings (SSSR count). The Hall–Kier alpha value is -3.16. The number of carbonyl (C=O) groups is 2. The number of aromatic amines is 1. The molecule has 0 radical (unpaired) electrons. The third-order valence-corrected chi connectivity index (χ3v) is 5.99. The summed E-state index contributed by atoms with van der Waals surface area (Å²) in [5.74, 6) is -0.565. The van der Waals surface area contributed by atoms with Crippen LogP contribution in [0.2, 0.25) is 5.02 Å². The molecule has 158 valence electrons. The molecule has 2 aromatic carbocycles. The lowest BCUT2D eigenvalue weighted by Gasteiger charge is -2.16. The zero-order valence-electron chi connectivity index (χ0n) is 16.8. The molecular weight excluding hydrogens is 432 g/mol. The van der Waals surface area contributed by atoms with Gasteiger partial charge >= 0.3 is 0 Å². The number of thiazole rings is 1. The van der Waals surface area contributed by atoms with Gasteiger partial charge in [0.05, 0.1) is 0 Å². The van der Waals surface area contributed by atoms with Gasteiger partial charge in [0.25, 0.3) is 0 Å². The van der Waals surface area contributed by atoms with E-state index in [9.17, 15) is 9.59 Å². The first-order valence-corrected chi connectivity index (χ1v) is 11.0. The molecule has 2 heterocycles. The van der Waals surface area contributed by atoms with Gasteiger partial charge in [-0.05, 0) is 29.3 Å². The fraction of sp³-hybridized carbons (Fsp3) is 0.174. The molecule has 1 unspecified atom stereocenters. The zero-order valence-corrected chi connectivity index (χ0v) is 18.4. The Morgan fingerprint density at radius 2 is 2.03 bits per heavy atom. The maximum Gasteiger partial charge on any atom is 0.249 e. The van der Waals surface area contributed by atoms with Gasteiger partial charge in [-0.2, -0.15) is 0 Å². The van der Waals surface area contributed by atoms with Gasteiger partial charge in [0, 0.05) is 53.0 Å². The number of fused-ring (bicyclic) bond motifs is 1. The number of benzene rings is 2. The Labute approximate surface area is 188 Å². The second kappa shape index (κ2) is 9.32. The van der Waals surface area contributed by atoms with Crippen LogP contribution in [0.15, 0.2) is 60.9 Å². The molecule has 4 aromatic rings. The highest BCUT2D eigenvalue weighted by molar-refractivity contribution is 7.15. The van der Waals surface area contributed by atoms with Crippen molar-refractivity contribution in [2.24, 2.45) is 0 Å². The summed E-state index contributed by atoms with van der Waals surface area (Å²) in [5.41, 5.74) is 3.03. The average Bonchev–Trinajstić information content (AvgIpc) is 3.34. The molecule has 0 spiro atoms. The van der Waals surface area contributed by atoms with Gasteiger partial charge in [-0.3, -0.25) is 9.59 Å². The van der Waals surface area contributed by atoms with Gasteiger partial charge in [-0.25, -0.2) is 4.98 Å². The first kappa shape index (κ1) is 21.1. The number of nitrogens with one attached hydrogen (secondary N) is 3. The van der Waals surface area contributed by atoms with Gasteiger partial charge in [0.1, 0.15) is 6.04 Å². The smallest absolute Gasteiger partial charge is 0.249 e. The van der Waals surface area contributed by atoms with E-state index in [4.69, 9.17) is 11.6 Å². The highest BCUT2D eigenvalue weighted by Crippen LogP contribution is 2.23. The van der Waals surface area contributed by atoms with Crippen LogP contribution >= 0.6 is 22.9 Å². The number of H-pyrrole nitrogens is 1. The van der Waals surface area contributed by atoms with Crippen molar-refractivity contribution < 1.29 is 9.59 Å². The fourth-order valence-corrected chi connectivity index (χ4v) is 4.53. The molecule has 31 heavy (non-hydrogen) atoms. The number of carbonyl (C=O) groups excluding carboxylic acids is 2. The van der Waals surface area contributed by atoms with E-state index in [0.717, 1.165) is 26.9 Å². The third kappa shape index (κ3) is 5.31. The van der Waals surface area contributed by atoms with Crippen LogP contribution in [0.5, 0.6) is 0 Å². The molecule has 0 saturated heterocycles. The fourth-order valence-electron chi connectivity index (χ4n) is 3.46. The number of halogens is 1. The monoisotopic (exact) mass is 452 g/mol. The van der Waals surface area contributed by atoms with E-state index in [1.807, 2.05) is 54.7 Å². The second-order valence-corrected chi connectivity index (χ2v) is 8.80. The molecule has 3 N–H and O–H groups in total. The van der Waals surface area contributed by atoms with Crippen LogP contribution < -0.4 is 10.6 Å². The van der Waals surface area contributed by atoms with Crippen molar-refractivity contribution in [1.29, 1.82) is 0 Å². The number of hydrogen-bond acceptors (Lipinski definition) is 4. The highest BCUT2D eigenvalue weighted by atomic mass is 35.5. The lowest BCUT2D eigenvalue weighted by Crippen LogP contribution is -2.44. The van der Waals surface area contributed by atoms with Gasteiger partial charge in [-0.15, -0.1) is 11.3 Å². The highest BCUT2D eigenvalue weighted by Gasteiger charge is 2.22. The number of rotatable bonds is 7. The normalized spacial score (nSPS) is 11.9. The van der Waals surface area contributed by atoms with Crippen LogP contribution in [0.4, 0.5) is 5.13 Å². The molecule has 0 fully saturated rings. The molecule has 0 aliphatic rings. The maximum atomic E-state index is 12.9. The third-order valence-electron chi connectivity index (χ3n) is 4.84. The SMILES string of the molecule is CC(=O)NC(Cc1c[nH]c2ccccc12)C(=O)Nc1ncc(Cc2cccc(Cl)c2)s1. The number of amides is 2. The van der Waals surface area contributed by atoms with Crippen LogP contribution in [0, 0.1) is 0 Å². The predicted octanol–water partition coefficient (Wildman–Crippen LogP) is 4.55. The second-order valence-electron chi connectivity index (χ2n) is 7.24. The lowest BCUT2D eigenvalue weighted by atomic mass is 10.0. The van der Waals surface area contributed by atoms with Crippen molar-refractivity contribution in [3.8, 4) is 0 Å². The minimum absolute atomic E-state index is 0.263. The lowest BCUT2D eigenvalue weighted by molar-refractivity contribution is -0.125. The summed E-state index contributed by atoms with van der Waals surface area (Å²) in [7, 11) is 0. The van der Waals surface area contributed by atoms with Gasteiger partial charge in [0.15, 0.2) is 5.13 Å². The maximum absolute atomic E-state index is 12.9. The Morgan fingerprint density at radius 1 is 1.19 bits per heavy atom. The summed E-state index contributed by atoms with van der Waals surface area (Å²) in [6, 6.07) is 14.8. The zero-order chi connectivity index (χ0) is 21.8. The number of nitrogens with zero attached hydrogens (tertiary/aromatic N) is 1. The number of para-hydroxylation sites is 1. The van der Waals surface area contributed by atoms with E-state index in [2.05, 4.69) is 20.6 Å². The van der Waals surface area contributed by atoms with Crippen molar-refractivity contribution >= 4 is 50.8 Å². The van der Waals surface area contributed by atoms with Crippen molar-refractivity contribution in [1.82, 2.24) is 15.3 Å². The Balaban J connectivity index is 1.46. The molecule has 1 atom stereocenters. The van der Waals surface area contributed by atoms with Gasteiger partial charge < -0.3 is 15.6 Å². The molecule has 0 saturated carbocycles. The van der Waals surface area contributed by atoms with E-state index < -0.39 is 6.04 Å². The number of hydrogen-bond donors (Lipinski definition) is 3. The Morgan fingerprint density at radius 3 is 2.84 bits per heavy atom. The topological polar surface area (TPSA) is 86.9 Å². The van der Waals surface area contributed by atoms with E-state index in [1.165, 1.54) is 18.3 Å². The first-order chi connectivity index (χ1) is 15.0. The first-order valence-electron chi connectivity index (χ1n) is 9.80. The van der Waals surface area contributed by atoms with Crippen molar-refractivity contribution in [2.45, 2.75) is 25.8 Å².